The van der Waals surface area contributed by atoms with E-state index in [9.17, 15) is 9.59 Å². The van der Waals surface area contributed by atoms with E-state index in [1.165, 1.54) is 0 Å². The second-order valence-corrected chi connectivity index (χ2v) is 9.03. The van der Waals surface area contributed by atoms with Gasteiger partial charge in [0.25, 0.3) is 0 Å². The van der Waals surface area contributed by atoms with E-state index in [1.807, 2.05) is 67.3 Å². The van der Waals surface area contributed by atoms with Gasteiger partial charge in [-0.25, -0.2) is 0 Å². The molecule has 2 aromatic carbocycles. The Bertz CT molecular complexity index is 891. The van der Waals surface area contributed by atoms with Crippen LogP contribution >= 0.6 is 0 Å². The fourth-order valence-corrected chi connectivity index (χ4v) is 3.46. The first-order valence-electron chi connectivity index (χ1n) is 10.7. The summed E-state index contributed by atoms with van der Waals surface area (Å²) in [5, 5.41) is 2.97. The molecule has 1 heterocycles. The molecule has 5 nitrogen and oxygen atoms in total. The van der Waals surface area contributed by atoms with Gasteiger partial charge in [-0.1, -0.05) is 44.2 Å². The molecule has 3 rings (SSSR count). The average molecular weight is 409 g/mol. The third-order valence-corrected chi connectivity index (χ3v) is 5.36. The van der Waals surface area contributed by atoms with Crippen LogP contribution in [0.15, 0.2) is 48.5 Å². The molecule has 0 fully saturated rings. The highest BCUT2D eigenvalue weighted by atomic mass is 16.5. The standard InChI is InChI=1S/C25H32N2O3/c1-18(2)14-15-27-21-16-20(11-12-22(21)30-17-25(3,4)24(27)29)26-23(28)13-10-19-8-6-5-7-9-19/h5-9,11-12,16,18H,10,13-15,17H2,1-4H3,(H,26,28). The molecule has 5 heteroatoms. The SMILES string of the molecule is CC(C)CCN1C(=O)C(C)(C)COc2ccc(NC(=O)CCc3ccccc3)cc21. The minimum Gasteiger partial charge on any atom is -0.490 e. The molecule has 1 aliphatic heterocycles. The van der Waals surface area contributed by atoms with Crippen LogP contribution in [0.25, 0.3) is 0 Å². The Morgan fingerprint density at radius 1 is 1.17 bits per heavy atom. The summed E-state index contributed by atoms with van der Waals surface area (Å²) in [7, 11) is 0. The highest BCUT2D eigenvalue weighted by Crippen LogP contribution is 2.38. The van der Waals surface area contributed by atoms with Gasteiger partial charge in [0.15, 0.2) is 0 Å². The molecule has 2 amide bonds. The number of nitrogens with one attached hydrogen (secondary N) is 1. The molecular formula is C25H32N2O3. The van der Waals surface area contributed by atoms with Crippen LogP contribution in [0.3, 0.4) is 0 Å². The van der Waals surface area contributed by atoms with E-state index in [2.05, 4.69) is 19.2 Å². The van der Waals surface area contributed by atoms with Gasteiger partial charge in [0.05, 0.1) is 11.1 Å². The summed E-state index contributed by atoms with van der Waals surface area (Å²) in [5.41, 5.74) is 1.94. The molecule has 0 bridgehead atoms. The molecule has 1 N–H and O–H groups in total. The van der Waals surface area contributed by atoms with E-state index in [-0.39, 0.29) is 11.8 Å². The molecule has 0 aliphatic carbocycles. The van der Waals surface area contributed by atoms with E-state index in [0.717, 1.165) is 17.7 Å². The Morgan fingerprint density at radius 2 is 1.90 bits per heavy atom. The minimum absolute atomic E-state index is 0.0475. The summed E-state index contributed by atoms with van der Waals surface area (Å²) in [4.78, 5) is 27.5. The number of nitrogens with zero attached hydrogens (tertiary/aromatic N) is 1. The van der Waals surface area contributed by atoms with Crippen molar-refractivity contribution >= 4 is 23.2 Å². The molecule has 160 valence electrons. The molecule has 0 radical (unpaired) electrons. The van der Waals surface area contributed by atoms with Gasteiger partial charge in [0.1, 0.15) is 12.4 Å². The molecule has 30 heavy (non-hydrogen) atoms. The van der Waals surface area contributed by atoms with Crippen LogP contribution in [0.2, 0.25) is 0 Å². The summed E-state index contributed by atoms with van der Waals surface area (Å²) < 4.78 is 5.96. The van der Waals surface area contributed by atoms with Crippen molar-refractivity contribution in [3.8, 4) is 5.75 Å². The third kappa shape index (κ3) is 5.41. The lowest BCUT2D eigenvalue weighted by molar-refractivity contribution is -0.127. The summed E-state index contributed by atoms with van der Waals surface area (Å²) in [6.07, 6.45) is 1.99. The number of hydrogen-bond acceptors (Lipinski definition) is 3. The number of aryl methyl sites for hydroxylation is 1. The predicted molar refractivity (Wildman–Crippen MR) is 121 cm³/mol. The Labute approximate surface area is 179 Å². The molecule has 1 aliphatic rings. The predicted octanol–water partition coefficient (Wildman–Crippen LogP) is 5.06. The normalized spacial score (nSPS) is 15.4. The molecule has 0 unspecified atom stereocenters. The van der Waals surface area contributed by atoms with E-state index in [0.29, 0.717) is 43.3 Å². The van der Waals surface area contributed by atoms with Crippen LogP contribution in [0.5, 0.6) is 5.75 Å². The van der Waals surface area contributed by atoms with E-state index < -0.39 is 5.41 Å². The van der Waals surface area contributed by atoms with E-state index in [1.54, 1.807) is 0 Å². The number of carbonyl (C=O) groups excluding carboxylic acids is 2. The lowest BCUT2D eigenvalue weighted by atomic mass is 9.92. The van der Waals surface area contributed by atoms with Gasteiger partial charge in [-0.2, -0.15) is 0 Å². The Kier molecular flexibility index (Phi) is 6.80. The zero-order valence-electron chi connectivity index (χ0n) is 18.4. The number of ether oxygens (including phenoxy) is 1. The fourth-order valence-electron chi connectivity index (χ4n) is 3.46. The molecule has 0 atom stereocenters. The Balaban J connectivity index is 1.77. The van der Waals surface area contributed by atoms with E-state index >= 15 is 0 Å². The van der Waals surface area contributed by atoms with Crippen molar-refractivity contribution < 1.29 is 14.3 Å². The number of hydrogen-bond donors (Lipinski definition) is 1. The van der Waals surface area contributed by atoms with Gasteiger partial charge in [0.2, 0.25) is 11.8 Å². The van der Waals surface area contributed by atoms with E-state index in [4.69, 9.17) is 4.74 Å². The first-order valence-corrected chi connectivity index (χ1v) is 10.7. The highest BCUT2D eigenvalue weighted by Gasteiger charge is 2.37. The maximum absolute atomic E-state index is 13.2. The number of amides is 2. The van der Waals surface area contributed by atoms with Crippen molar-refractivity contribution in [3.05, 3.63) is 54.1 Å². The highest BCUT2D eigenvalue weighted by molar-refractivity contribution is 6.00. The van der Waals surface area contributed by atoms with Gasteiger partial charge in [-0.05, 0) is 56.4 Å². The number of benzene rings is 2. The van der Waals surface area contributed by atoms with Gasteiger partial charge in [-0.3, -0.25) is 9.59 Å². The van der Waals surface area contributed by atoms with Gasteiger partial charge < -0.3 is 15.0 Å². The zero-order chi connectivity index (χ0) is 21.7. The molecule has 0 spiro atoms. The Hall–Kier alpha value is -2.82. The van der Waals surface area contributed by atoms with Crippen LogP contribution in [-0.2, 0) is 16.0 Å². The van der Waals surface area contributed by atoms with Crippen LogP contribution in [-0.4, -0.2) is 25.0 Å². The van der Waals surface area contributed by atoms with Crippen LogP contribution < -0.4 is 15.0 Å². The van der Waals surface area contributed by atoms with Crippen molar-refractivity contribution in [3.63, 3.8) is 0 Å². The lowest BCUT2D eigenvalue weighted by Gasteiger charge is -2.28. The van der Waals surface area contributed by atoms with Crippen molar-refractivity contribution in [2.45, 2.75) is 47.0 Å². The third-order valence-electron chi connectivity index (χ3n) is 5.36. The van der Waals surface area contributed by atoms with Gasteiger partial charge >= 0.3 is 0 Å². The second-order valence-electron chi connectivity index (χ2n) is 9.03. The summed E-state index contributed by atoms with van der Waals surface area (Å²) in [6.45, 7) is 9.08. The monoisotopic (exact) mass is 408 g/mol. The van der Waals surface area contributed by atoms with Crippen LogP contribution in [0.4, 0.5) is 11.4 Å². The molecule has 0 aromatic heterocycles. The quantitative estimate of drug-likeness (QED) is 0.697. The smallest absolute Gasteiger partial charge is 0.236 e. The fraction of sp³-hybridized carbons (Fsp3) is 0.440. The lowest BCUT2D eigenvalue weighted by Crippen LogP contribution is -2.42. The minimum atomic E-state index is -0.602. The van der Waals surface area contributed by atoms with Crippen LogP contribution in [0.1, 0.15) is 46.1 Å². The summed E-state index contributed by atoms with van der Waals surface area (Å²) in [6, 6.07) is 15.5. The van der Waals surface area contributed by atoms with Crippen molar-refractivity contribution in [1.29, 1.82) is 0 Å². The maximum atomic E-state index is 13.2. The first-order chi connectivity index (χ1) is 14.3. The molecule has 2 aromatic rings. The maximum Gasteiger partial charge on any atom is 0.236 e. The summed E-state index contributed by atoms with van der Waals surface area (Å²) >= 11 is 0. The molecule has 0 saturated carbocycles. The average Bonchev–Trinajstić information content (AvgIpc) is 2.80. The Morgan fingerprint density at radius 3 is 2.60 bits per heavy atom. The largest absolute Gasteiger partial charge is 0.490 e. The van der Waals surface area contributed by atoms with Crippen molar-refractivity contribution in [2.24, 2.45) is 11.3 Å². The molecular weight excluding hydrogens is 376 g/mol. The van der Waals surface area contributed by atoms with Crippen molar-refractivity contribution in [1.82, 2.24) is 0 Å². The topological polar surface area (TPSA) is 58.6 Å². The van der Waals surface area contributed by atoms with Crippen LogP contribution in [0, 0.1) is 11.3 Å². The van der Waals surface area contributed by atoms with Gasteiger partial charge in [-0.15, -0.1) is 0 Å². The number of carbonyl (C=O) groups is 2. The van der Waals surface area contributed by atoms with Crippen molar-refractivity contribution in [2.75, 3.05) is 23.4 Å². The number of anilines is 2. The zero-order valence-corrected chi connectivity index (χ0v) is 18.4. The second kappa shape index (κ2) is 9.33. The number of rotatable bonds is 7. The number of fused-ring (bicyclic) bond motifs is 1. The first kappa shape index (κ1) is 21.9. The molecule has 0 saturated heterocycles. The summed E-state index contributed by atoms with van der Waals surface area (Å²) in [5.74, 6) is 1.16. The van der Waals surface area contributed by atoms with Gasteiger partial charge in [0, 0.05) is 18.7 Å².